The number of likely N-dealkylation sites (tertiary alicyclic amines) is 1. The highest BCUT2D eigenvalue weighted by Crippen LogP contribution is 2.38. The average molecular weight is 359 g/mol. The Hall–Kier alpha value is -1.59. The Balaban J connectivity index is 1.44. The Bertz CT molecular complexity index is 683. The summed E-state index contributed by atoms with van der Waals surface area (Å²) in [5.41, 5.74) is 1.79. The maximum atomic E-state index is 13.1. The number of amides is 1. The van der Waals surface area contributed by atoms with Crippen molar-refractivity contribution in [1.82, 2.24) is 4.90 Å². The lowest BCUT2D eigenvalue weighted by atomic mass is 9.79. The highest BCUT2D eigenvalue weighted by atomic mass is 16.5. The molecule has 2 N–H and O–H groups in total. The van der Waals surface area contributed by atoms with Gasteiger partial charge in [0.1, 0.15) is 5.75 Å². The predicted molar refractivity (Wildman–Crippen MR) is 98.0 cm³/mol. The van der Waals surface area contributed by atoms with Crippen LogP contribution in [0.15, 0.2) is 18.2 Å². The zero-order valence-electron chi connectivity index (χ0n) is 15.6. The van der Waals surface area contributed by atoms with E-state index in [1.165, 1.54) is 17.5 Å². The van der Waals surface area contributed by atoms with E-state index in [2.05, 4.69) is 12.1 Å². The maximum Gasteiger partial charge on any atom is 0.266 e. The molecule has 1 saturated carbocycles. The molecule has 1 aliphatic heterocycles. The number of carbonyl (C=O) groups is 1. The van der Waals surface area contributed by atoms with Gasteiger partial charge in [0.25, 0.3) is 5.91 Å². The Labute approximate surface area is 155 Å². The van der Waals surface area contributed by atoms with Crippen LogP contribution in [0.1, 0.15) is 44.2 Å². The van der Waals surface area contributed by atoms with Gasteiger partial charge in [-0.05, 0) is 81.0 Å². The van der Waals surface area contributed by atoms with Crippen LogP contribution in [0.5, 0.6) is 5.75 Å². The molecule has 2 aliphatic carbocycles. The molecule has 0 bridgehead atoms. The topological polar surface area (TPSA) is 70.0 Å². The van der Waals surface area contributed by atoms with E-state index < -0.39 is 17.8 Å². The molecule has 0 aromatic heterocycles. The summed E-state index contributed by atoms with van der Waals surface area (Å²) < 4.78 is 6.11. The van der Waals surface area contributed by atoms with Crippen molar-refractivity contribution in [3.63, 3.8) is 0 Å². The molecule has 142 valence electrons. The van der Waals surface area contributed by atoms with Crippen molar-refractivity contribution in [3.8, 4) is 5.75 Å². The molecule has 0 unspecified atom stereocenters. The first-order valence-electron chi connectivity index (χ1n) is 9.80. The minimum absolute atomic E-state index is 0.0172. The molecule has 5 nitrogen and oxygen atoms in total. The van der Waals surface area contributed by atoms with Crippen molar-refractivity contribution in [2.24, 2.45) is 11.8 Å². The van der Waals surface area contributed by atoms with Gasteiger partial charge in [-0.25, -0.2) is 0 Å². The van der Waals surface area contributed by atoms with Gasteiger partial charge >= 0.3 is 0 Å². The third kappa shape index (κ3) is 3.23. The maximum absolute atomic E-state index is 13.1. The molecule has 1 saturated heterocycles. The molecule has 1 heterocycles. The number of hydrogen-bond acceptors (Lipinski definition) is 4. The molecule has 26 heavy (non-hydrogen) atoms. The van der Waals surface area contributed by atoms with Gasteiger partial charge in [0.05, 0.1) is 12.2 Å². The fourth-order valence-corrected chi connectivity index (χ4v) is 4.90. The fraction of sp³-hybridized carbons (Fsp3) is 0.667. The summed E-state index contributed by atoms with van der Waals surface area (Å²) in [4.78, 5) is 14.9. The highest BCUT2D eigenvalue weighted by molar-refractivity contribution is 5.85. The van der Waals surface area contributed by atoms with Crippen molar-refractivity contribution in [1.29, 1.82) is 0 Å². The van der Waals surface area contributed by atoms with E-state index in [9.17, 15) is 15.0 Å². The smallest absolute Gasteiger partial charge is 0.266 e. The van der Waals surface area contributed by atoms with E-state index in [4.69, 9.17) is 4.74 Å². The molecular formula is C21H29NO4. The number of hydrogen-bond donors (Lipinski definition) is 2. The van der Waals surface area contributed by atoms with Crippen LogP contribution in [0.25, 0.3) is 0 Å². The minimum atomic E-state index is -0.933. The molecule has 1 amide bonds. The predicted octanol–water partition coefficient (Wildman–Crippen LogP) is 1.92. The number of fused-ring (bicyclic) bond motifs is 2. The lowest BCUT2D eigenvalue weighted by molar-refractivity contribution is -0.144. The highest BCUT2D eigenvalue weighted by Gasteiger charge is 2.45. The van der Waals surface area contributed by atoms with Gasteiger partial charge in [0, 0.05) is 13.1 Å². The molecule has 4 atom stereocenters. The second-order valence-electron chi connectivity index (χ2n) is 8.73. The Kier molecular flexibility index (Phi) is 4.48. The van der Waals surface area contributed by atoms with E-state index >= 15 is 0 Å². The van der Waals surface area contributed by atoms with Crippen LogP contribution in [0.2, 0.25) is 0 Å². The molecular weight excluding hydrogens is 330 g/mol. The van der Waals surface area contributed by atoms with Gasteiger partial charge in [0.2, 0.25) is 0 Å². The number of carbonyl (C=O) groups excluding carboxylic acids is 1. The number of aliphatic hydroxyl groups is 2. The van der Waals surface area contributed by atoms with Crippen LogP contribution in [-0.2, 0) is 17.6 Å². The van der Waals surface area contributed by atoms with Crippen molar-refractivity contribution in [2.75, 3.05) is 13.1 Å². The van der Waals surface area contributed by atoms with Crippen LogP contribution in [0.4, 0.5) is 0 Å². The molecule has 0 spiro atoms. The molecule has 1 aromatic carbocycles. The number of rotatable bonds is 3. The second-order valence-corrected chi connectivity index (χ2v) is 8.73. The monoisotopic (exact) mass is 359 g/mol. The Morgan fingerprint density at radius 1 is 1.08 bits per heavy atom. The first-order valence-corrected chi connectivity index (χ1v) is 9.80. The first-order chi connectivity index (χ1) is 12.3. The van der Waals surface area contributed by atoms with E-state index in [-0.39, 0.29) is 17.7 Å². The van der Waals surface area contributed by atoms with Gasteiger partial charge in [-0.15, -0.1) is 0 Å². The molecule has 1 aromatic rings. The quantitative estimate of drug-likeness (QED) is 0.865. The normalized spacial score (nSPS) is 30.8. The van der Waals surface area contributed by atoms with Crippen LogP contribution < -0.4 is 4.74 Å². The Morgan fingerprint density at radius 3 is 2.35 bits per heavy atom. The van der Waals surface area contributed by atoms with Gasteiger partial charge in [-0.1, -0.05) is 6.07 Å². The molecule has 3 aliphatic rings. The van der Waals surface area contributed by atoms with Gasteiger partial charge in [-0.2, -0.15) is 0 Å². The van der Waals surface area contributed by atoms with Crippen molar-refractivity contribution >= 4 is 5.91 Å². The summed E-state index contributed by atoms with van der Waals surface area (Å²) in [5, 5.41) is 19.8. The van der Waals surface area contributed by atoms with E-state index in [1.54, 1.807) is 0 Å². The SMILES string of the molecule is CC(C)(Oc1ccc2c(c1)CCC2)C(=O)N1C[C@H]2C[C@H](O)[C@H](O)C[C@H]2C1. The largest absolute Gasteiger partial charge is 0.478 e. The lowest BCUT2D eigenvalue weighted by Crippen LogP contribution is -2.48. The zero-order chi connectivity index (χ0) is 18.5. The summed E-state index contributed by atoms with van der Waals surface area (Å²) >= 11 is 0. The van der Waals surface area contributed by atoms with E-state index in [1.807, 2.05) is 24.8 Å². The second kappa shape index (κ2) is 6.54. The van der Waals surface area contributed by atoms with E-state index in [0.717, 1.165) is 18.6 Å². The summed E-state index contributed by atoms with van der Waals surface area (Å²) in [5.74, 6) is 1.28. The van der Waals surface area contributed by atoms with Crippen molar-refractivity contribution in [3.05, 3.63) is 29.3 Å². The number of benzene rings is 1. The van der Waals surface area contributed by atoms with Gasteiger partial charge in [0.15, 0.2) is 5.60 Å². The molecule has 4 rings (SSSR count). The average Bonchev–Trinajstić information content (AvgIpc) is 3.20. The van der Waals surface area contributed by atoms with Crippen molar-refractivity contribution < 1.29 is 19.7 Å². The summed E-state index contributed by atoms with van der Waals surface area (Å²) in [6, 6.07) is 6.16. The van der Waals surface area contributed by atoms with Gasteiger partial charge in [-0.3, -0.25) is 4.79 Å². The summed E-state index contributed by atoms with van der Waals surface area (Å²) in [6.45, 7) is 4.94. The van der Waals surface area contributed by atoms with Crippen molar-refractivity contribution in [2.45, 2.75) is 63.8 Å². The Morgan fingerprint density at radius 2 is 1.69 bits per heavy atom. The molecule has 2 fully saturated rings. The minimum Gasteiger partial charge on any atom is -0.478 e. The fourth-order valence-electron chi connectivity index (χ4n) is 4.90. The molecule has 5 heteroatoms. The summed E-state index contributed by atoms with van der Waals surface area (Å²) in [7, 11) is 0. The molecule has 0 radical (unpaired) electrons. The summed E-state index contributed by atoms with van der Waals surface area (Å²) in [6.07, 6.45) is 3.22. The number of nitrogens with zero attached hydrogens (tertiary/aromatic N) is 1. The lowest BCUT2D eigenvalue weighted by Gasteiger charge is -2.31. The van der Waals surface area contributed by atoms with Gasteiger partial charge < -0.3 is 19.8 Å². The number of ether oxygens (including phenoxy) is 1. The third-order valence-corrected chi connectivity index (χ3v) is 6.35. The first kappa shape index (κ1) is 17.8. The van der Waals surface area contributed by atoms with Crippen LogP contribution in [0.3, 0.4) is 0 Å². The standard InChI is InChI=1S/C21H29NO4/c1-21(2,26-17-7-6-13-4-3-5-14(13)8-17)20(25)22-11-15-9-18(23)19(24)10-16(15)12-22/h6-8,15-16,18-19,23-24H,3-5,9-12H2,1-2H3/t15-,16+,18+,19-. The zero-order valence-corrected chi connectivity index (χ0v) is 15.6. The van der Waals surface area contributed by atoms with Crippen LogP contribution >= 0.6 is 0 Å². The van der Waals surface area contributed by atoms with Crippen LogP contribution in [-0.4, -0.2) is 51.9 Å². The third-order valence-electron chi connectivity index (χ3n) is 6.35. The number of aryl methyl sites for hydroxylation is 2. The number of aliphatic hydroxyl groups excluding tert-OH is 2. The van der Waals surface area contributed by atoms with E-state index in [0.29, 0.717) is 25.9 Å². The van der Waals surface area contributed by atoms with Crippen LogP contribution in [0, 0.1) is 11.8 Å².